The Balaban J connectivity index is 2.13. The molecule has 0 N–H and O–H groups in total. The van der Waals surface area contributed by atoms with E-state index in [1.54, 1.807) is 0 Å². The van der Waals surface area contributed by atoms with Crippen molar-refractivity contribution in [3.63, 3.8) is 0 Å². The summed E-state index contributed by atoms with van der Waals surface area (Å²) in [7, 11) is 5.78. The first-order valence-electron chi connectivity index (χ1n) is 4.63. The van der Waals surface area contributed by atoms with Crippen molar-refractivity contribution in [2.24, 2.45) is 0 Å². The first-order valence-corrected chi connectivity index (χ1v) is 4.63. The third-order valence-corrected chi connectivity index (χ3v) is 2.36. The van der Waals surface area contributed by atoms with Crippen molar-refractivity contribution < 1.29 is 0 Å². The number of rotatable bonds is 4. The summed E-state index contributed by atoms with van der Waals surface area (Å²) in [6.07, 6.45) is 10.8. The molecule has 0 aromatic heterocycles. The van der Waals surface area contributed by atoms with Crippen LogP contribution in [0, 0.1) is 7.05 Å². The zero-order valence-electron chi connectivity index (χ0n) is 7.58. The Kier molecular flexibility index (Phi) is 4.09. The second kappa shape index (κ2) is 5.15. The fraction of sp³-hybridized carbons (Fsp3) is 0.545. The Morgan fingerprint density at radius 2 is 2.42 bits per heavy atom. The molecule has 66 valence electrons. The SMILES string of the molecule is [CH]N1CCCC1CC/C=C/C=C. The van der Waals surface area contributed by atoms with E-state index >= 15 is 0 Å². The Labute approximate surface area is 75.8 Å². The zero-order chi connectivity index (χ0) is 8.81. The molecule has 1 nitrogen and oxygen atoms in total. The Hall–Kier alpha value is -0.560. The molecule has 0 aromatic carbocycles. The van der Waals surface area contributed by atoms with Gasteiger partial charge in [-0.25, -0.2) is 0 Å². The Bertz CT molecular complexity index is 160. The fourth-order valence-electron chi connectivity index (χ4n) is 1.65. The summed E-state index contributed by atoms with van der Waals surface area (Å²) in [5.41, 5.74) is 0. The number of hydrogen-bond donors (Lipinski definition) is 0. The van der Waals surface area contributed by atoms with Gasteiger partial charge in [-0.3, -0.25) is 4.90 Å². The fourth-order valence-corrected chi connectivity index (χ4v) is 1.65. The van der Waals surface area contributed by atoms with Crippen LogP contribution >= 0.6 is 0 Å². The van der Waals surface area contributed by atoms with E-state index < -0.39 is 0 Å². The highest BCUT2D eigenvalue weighted by Gasteiger charge is 2.19. The second-order valence-electron chi connectivity index (χ2n) is 3.28. The van der Waals surface area contributed by atoms with Crippen molar-refractivity contribution in [2.45, 2.75) is 31.7 Å². The van der Waals surface area contributed by atoms with E-state index in [-0.39, 0.29) is 0 Å². The van der Waals surface area contributed by atoms with Crippen LogP contribution in [-0.2, 0) is 0 Å². The number of allylic oxidation sites excluding steroid dienone is 3. The Morgan fingerprint density at radius 3 is 3.00 bits per heavy atom. The lowest BCUT2D eigenvalue weighted by Gasteiger charge is -2.17. The van der Waals surface area contributed by atoms with Crippen molar-refractivity contribution in [3.05, 3.63) is 31.9 Å². The van der Waals surface area contributed by atoms with Crippen LogP contribution in [0.15, 0.2) is 24.8 Å². The van der Waals surface area contributed by atoms with E-state index in [0.29, 0.717) is 6.04 Å². The summed E-state index contributed by atoms with van der Waals surface area (Å²) < 4.78 is 0. The lowest BCUT2D eigenvalue weighted by atomic mass is 10.1. The van der Waals surface area contributed by atoms with Crippen LogP contribution in [0.3, 0.4) is 0 Å². The van der Waals surface area contributed by atoms with Crippen LogP contribution in [0.4, 0.5) is 0 Å². The molecule has 0 saturated carbocycles. The molecule has 12 heavy (non-hydrogen) atoms. The molecule has 1 rings (SSSR count). The smallest absolute Gasteiger partial charge is 0.0441 e. The molecule has 2 radical (unpaired) electrons. The van der Waals surface area contributed by atoms with E-state index in [0.717, 1.165) is 13.0 Å². The molecule has 1 saturated heterocycles. The molecular weight excluding hydrogens is 146 g/mol. The van der Waals surface area contributed by atoms with E-state index in [1.807, 2.05) is 17.1 Å². The molecule has 1 heteroatoms. The van der Waals surface area contributed by atoms with Crippen LogP contribution in [0.25, 0.3) is 0 Å². The van der Waals surface area contributed by atoms with Gasteiger partial charge in [0.2, 0.25) is 0 Å². The van der Waals surface area contributed by atoms with Crippen molar-refractivity contribution in [2.75, 3.05) is 6.54 Å². The van der Waals surface area contributed by atoms with Crippen molar-refractivity contribution in [3.8, 4) is 0 Å². The molecule has 1 heterocycles. The minimum absolute atomic E-state index is 0.611. The van der Waals surface area contributed by atoms with Gasteiger partial charge in [0.25, 0.3) is 0 Å². The van der Waals surface area contributed by atoms with E-state index in [9.17, 15) is 0 Å². The summed E-state index contributed by atoms with van der Waals surface area (Å²) in [4.78, 5) is 1.97. The van der Waals surface area contributed by atoms with Crippen molar-refractivity contribution in [1.29, 1.82) is 0 Å². The number of likely N-dealkylation sites (tertiary alicyclic amines) is 1. The summed E-state index contributed by atoms with van der Waals surface area (Å²) >= 11 is 0. The summed E-state index contributed by atoms with van der Waals surface area (Å²) in [6, 6.07) is 0.611. The second-order valence-corrected chi connectivity index (χ2v) is 3.28. The number of hydrogen-bond acceptors (Lipinski definition) is 1. The minimum atomic E-state index is 0.611. The molecule has 0 aliphatic carbocycles. The van der Waals surface area contributed by atoms with E-state index in [2.05, 4.69) is 12.7 Å². The standard InChI is InChI=1S/C11H17N/c1-3-4-5-6-8-11-9-7-10-12(11)2/h2-5,11H,1,6-10H2/b5-4+. The lowest BCUT2D eigenvalue weighted by molar-refractivity contribution is 0.329. The van der Waals surface area contributed by atoms with E-state index in [4.69, 9.17) is 7.05 Å². The normalized spacial score (nSPS) is 25.2. The molecule has 1 atom stereocenters. The van der Waals surface area contributed by atoms with Gasteiger partial charge in [-0.1, -0.05) is 24.8 Å². The van der Waals surface area contributed by atoms with Gasteiger partial charge in [0.05, 0.1) is 0 Å². The Morgan fingerprint density at radius 1 is 1.58 bits per heavy atom. The summed E-state index contributed by atoms with van der Waals surface area (Å²) in [5.74, 6) is 0. The third kappa shape index (κ3) is 2.82. The molecular formula is C11H17N. The molecule has 1 fully saturated rings. The van der Waals surface area contributed by atoms with Gasteiger partial charge in [-0.05, 0) is 32.2 Å². The molecule has 0 spiro atoms. The van der Waals surface area contributed by atoms with Crippen LogP contribution in [0.1, 0.15) is 25.7 Å². The molecule has 0 bridgehead atoms. The van der Waals surface area contributed by atoms with Crippen LogP contribution in [-0.4, -0.2) is 17.5 Å². The van der Waals surface area contributed by atoms with Crippen molar-refractivity contribution >= 4 is 0 Å². The lowest BCUT2D eigenvalue weighted by Crippen LogP contribution is -2.22. The zero-order valence-corrected chi connectivity index (χ0v) is 7.58. The van der Waals surface area contributed by atoms with Crippen LogP contribution in [0.2, 0.25) is 0 Å². The highest BCUT2D eigenvalue weighted by atomic mass is 15.1. The molecule has 0 aromatic rings. The topological polar surface area (TPSA) is 3.24 Å². The van der Waals surface area contributed by atoms with Gasteiger partial charge < -0.3 is 0 Å². The predicted octanol–water partition coefficient (Wildman–Crippen LogP) is 2.64. The first kappa shape index (κ1) is 9.53. The number of nitrogens with zero attached hydrogens (tertiary/aromatic N) is 1. The van der Waals surface area contributed by atoms with E-state index in [1.165, 1.54) is 19.3 Å². The maximum absolute atomic E-state index is 5.78. The molecule has 0 amide bonds. The largest absolute Gasteiger partial charge is 0.294 e. The molecule has 1 aliphatic rings. The summed E-state index contributed by atoms with van der Waals surface area (Å²) in [5, 5.41) is 0. The monoisotopic (exact) mass is 163 g/mol. The van der Waals surface area contributed by atoms with Crippen LogP contribution < -0.4 is 0 Å². The van der Waals surface area contributed by atoms with Gasteiger partial charge >= 0.3 is 0 Å². The highest BCUT2D eigenvalue weighted by Crippen LogP contribution is 2.19. The van der Waals surface area contributed by atoms with Gasteiger partial charge in [-0.15, -0.1) is 0 Å². The molecule has 1 aliphatic heterocycles. The minimum Gasteiger partial charge on any atom is -0.294 e. The maximum Gasteiger partial charge on any atom is 0.0441 e. The summed E-state index contributed by atoms with van der Waals surface area (Å²) in [6.45, 7) is 4.69. The quantitative estimate of drug-likeness (QED) is 0.576. The highest BCUT2D eigenvalue weighted by molar-refractivity contribution is 4.97. The van der Waals surface area contributed by atoms with Crippen LogP contribution in [0.5, 0.6) is 0 Å². The predicted molar refractivity (Wildman–Crippen MR) is 52.6 cm³/mol. The van der Waals surface area contributed by atoms with Gasteiger partial charge in [0.1, 0.15) is 0 Å². The average Bonchev–Trinajstić information content (AvgIpc) is 2.46. The third-order valence-electron chi connectivity index (χ3n) is 2.36. The average molecular weight is 163 g/mol. The maximum atomic E-state index is 5.78. The van der Waals surface area contributed by atoms with Gasteiger partial charge in [-0.2, -0.15) is 0 Å². The van der Waals surface area contributed by atoms with Gasteiger partial charge in [0, 0.05) is 13.1 Å². The van der Waals surface area contributed by atoms with Gasteiger partial charge in [0.15, 0.2) is 0 Å². The molecule has 1 unspecified atom stereocenters. The first-order chi connectivity index (χ1) is 5.84. The van der Waals surface area contributed by atoms with Crippen molar-refractivity contribution in [1.82, 2.24) is 4.90 Å².